The first-order chi connectivity index (χ1) is 11.6. The van der Waals surface area contributed by atoms with E-state index in [1.54, 1.807) is 23.8 Å². The Morgan fingerprint density at radius 3 is 2.96 bits per heavy atom. The molecular weight excluding hydrogens is 348 g/mol. The van der Waals surface area contributed by atoms with Gasteiger partial charge in [0.25, 0.3) is 5.56 Å². The van der Waals surface area contributed by atoms with Gasteiger partial charge in [0.15, 0.2) is 5.16 Å². The van der Waals surface area contributed by atoms with Crippen LogP contribution >= 0.6 is 23.1 Å². The minimum absolute atomic E-state index is 0.130. The molecule has 0 spiro atoms. The van der Waals surface area contributed by atoms with E-state index in [1.165, 1.54) is 30.2 Å². The Balaban J connectivity index is 2.13. The van der Waals surface area contributed by atoms with Gasteiger partial charge < -0.3 is 9.15 Å². The fourth-order valence-electron chi connectivity index (χ4n) is 2.36. The monoisotopic (exact) mass is 364 g/mol. The summed E-state index contributed by atoms with van der Waals surface area (Å²) in [7, 11) is 1.35. The molecule has 0 saturated heterocycles. The van der Waals surface area contributed by atoms with E-state index in [1.807, 2.05) is 18.4 Å². The molecule has 24 heavy (non-hydrogen) atoms. The van der Waals surface area contributed by atoms with Crippen LogP contribution in [0.5, 0.6) is 0 Å². The largest absolute Gasteiger partial charge is 0.468 e. The molecule has 0 aliphatic rings. The number of aromatic nitrogens is 2. The summed E-state index contributed by atoms with van der Waals surface area (Å²) in [6.07, 6.45) is 1.58. The van der Waals surface area contributed by atoms with Gasteiger partial charge in [0.05, 0.1) is 18.8 Å². The molecule has 3 rings (SSSR count). The van der Waals surface area contributed by atoms with Crippen LogP contribution in [0, 0.1) is 0 Å². The van der Waals surface area contributed by atoms with Crippen LogP contribution in [0.25, 0.3) is 21.5 Å². The molecule has 6 nitrogen and oxygen atoms in total. The highest BCUT2D eigenvalue weighted by Gasteiger charge is 2.22. The Kier molecular flexibility index (Phi) is 4.77. The number of furan rings is 1. The molecule has 0 unspecified atom stereocenters. The molecule has 0 radical (unpaired) electrons. The number of nitrogens with zero attached hydrogens (tertiary/aromatic N) is 2. The molecule has 3 aromatic rings. The van der Waals surface area contributed by atoms with E-state index >= 15 is 0 Å². The van der Waals surface area contributed by atoms with Gasteiger partial charge >= 0.3 is 5.97 Å². The minimum Gasteiger partial charge on any atom is -0.468 e. The minimum atomic E-state index is -0.443. The van der Waals surface area contributed by atoms with Gasteiger partial charge in [-0.3, -0.25) is 14.2 Å². The summed E-state index contributed by atoms with van der Waals surface area (Å²) < 4.78 is 11.7. The first kappa shape index (κ1) is 16.8. The summed E-state index contributed by atoms with van der Waals surface area (Å²) in [6, 6.07) is 3.60. The standard InChI is InChI=1S/C16H16N2O4S2/c1-4-18-14(19)12-10(11-6-5-7-22-11)8-23-13(12)17-16(18)24-9(2)15(20)21-3/h5-9H,4H2,1-3H3/t9-/m0/s1. The van der Waals surface area contributed by atoms with Gasteiger partial charge in [0.1, 0.15) is 15.8 Å². The highest BCUT2D eigenvalue weighted by atomic mass is 32.2. The molecule has 8 heteroatoms. The number of ether oxygens (including phenoxy) is 1. The number of rotatable bonds is 5. The van der Waals surface area contributed by atoms with Gasteiger partial charge in [0.2, 0.25) is 0 Å². The smallest absolute Gasteiger partial charge is 0.318 e. The van der Waals surface area contributed by atoms with E-state index < -0.39 is 5.25 Å². The molecule has 0 saturated carbocycles. The third kappa shape index (κ3) is 2.87. The van der Waals surface area contributed by atoms with Gasteiger partial charge in [-0.2, -0.15) is 0 Å². The molecule has 1 atom stereocenters. The molecule has 0 aliphatic heterocycles. The molecular formula is C16H16N2O4S2. The maximum atomic E-state index is 12.9. The average molecular weight is 364 g/mol. The fraction of sp³-hybridized carbons (Fsp3) is 0.312. The zero-order valence-corrected chi connectivity index (χ0v) is 15.1. The van der Waals surface area contributed by atoms with E-state index in [0.717, 1.165) is 5.56 Å². The molecule has 0 aromatic carbocycles. The number of esters is 1. The zero-order valence-electron chi connectivity index (χ0n) is 13.4. The number of thiophene rings is 1. The number of carbonyl (C=O) groups is 1. The second-order valence-corrected chi connectivity index (χ2v) is 7.20. The van der Waals surface area contributed by atoms with Gasteiger partial charge in [0, 0.05) is 17.5 Å². The summed E-state index contributed by atoms with van der Waals surface area (Å²) in [6.45, 7) is 4.07. The van der Waals surface area contributed by atoms with Crippen molar-refractivity contribution in [3.63, 3.8) is 0 Å². The summed E-state index contributed by atoms with van der Waals surface area (Å²) in [5.74, 6) is 0.297. The van der Waals surface area contributed by atoms with Crippen LogP contribution in [0.4, 0.5) is 0 Å². The average Bonchev–Trinajstić information content (AvgIpc) is 3.23. The van der Waals surface area contributed by atoms with Crippen molar-refractivity contribution in [3.8, 4) is 11.3 Å². The lowest BCUT2D eigenvalue weighted by molar-refractivity contribution is -0.139. The normalized spacial score (nSPS) is 12.5. The lowest BCUT2D eigenvalue weighted by Gasteiger charge is -2.13. The molecule has 0 bridgehead atoms. The van der Waals surface area contributed by atoms with Crippen molar-refractivity contribution < 1.29 is 13.9 Å². The fourth-order valence-corrected chi connectivity index (χ4v) is 4.33. The first-order valence-electron chi connectivity index (χ1n) is 7.37. The van der Waals surface area contributed by atoms with Crippen LogP contribution in [0.15, 0.2) is 38.1 Å². The summed E-state index contributed by atoms with van der Waals surface area (Å²) in [4.78, 5) is 29.8. The number of thioether (sulfide) groups is 1. The number of carbonyl (C=O) groups excluding carboxylic acids is 1. The molecule has 3 aromatic heterocycles. The topological polar surface area (TPSA) is 74.3 Å². The Hall–Kier alpha value is -2.06. The molecule has 0 amide bonds. The molecule has 126 valence electrons. The molecule has 0 aliphatic carbocycles. The first-order valence-corrected chi connectivity index (χ1v) is 9.13. The number of hydrogen-bond donors (Lipinski definition) is 0. The predicted octanol–water partition coefficient (Wildman–Crippen LogP) is 3.39. The van der Waals surface area contributed by atoms with Crippen molar-refractivity contribution in [1.82, 2.24) is 9.55 Å². The quantitative estimate of drug-likeness (QED) is 0.392. The predicted molar refractivity (Wildman–Crippen MR) is 94.6 cm³/mol. The van der Waals surface area contributed by atoms with Crippen molar-refractivity contribution in [1.29, 1.82) is 0 Å². The maximum Gasteiger partial charge on any atom is 0.318 e. The van der Waals surface area contributed by atoms with Crippen LogP contribution < -0.4 is 5.56 Å². The summed E-state index contributed by atoms with van der Waals surface area (Å²) >= 11 is 2.61. The van der Waals surface area contributed by atoms with Crippen molar-refractivity contribution in [2.45, 2.75) is 30.8 Å². The van der Waals surface area contributed by atoms with Crippen molar-refractivity contribution >= 4 is 39.3 Å². The third-order valence-electron chi connectivity index (χ3n) is 3.58. The van der Waals surface area contributed by atoms with Gasteiger partial charge in [-0.15, -0.1) is 11.3 Å². The molecule has 3 heterocycles. The Labute approximate surface area is 146 Å². The third-order valence-corrected chi connectivity index (χ3v) is 5.52. The van der Waals surface area contributed by atoms with Gasteiger partial charge in [-0.25, -0.2) is 4.98 Å². The van der Waals surface area contributed by atoms with E-state index in [2.05, 4.69) is 4.98 Å². The lowest BCUT2D eigenvalue weighted by Crippen LogP contribution is -2.24. The van der Waals surface area contributed by atoms with Gasteiger partial charge in [-0.1, -0.05) is 11.8 Å². The zero-order chi connectivity index (χ0) is 17.3. The van der Waals surface area contributed by atoms with Crippen LogP contribution in [-0.2, 0) is 16.1 Å². The van der Waals surface area contributed by atoms with Crippen molar-refractivity contribution in [2.24, 2.45) is 0 Å². The second kappa shape index (κ2) is 6.82. The van der Waals surface area contributed by atoms with Crippen molar-refractivity contribution in [3.05, 3.63) is 34.1 Å². The lowest BCUT2D eigenvalue weighted by atomic mass is 10.2. The van der Waals surface area contributed by atoms with Crippen molar-refractivity contribution in [2.75, 3.05) is 7.11 Å². The van der Waals surface area contributed by atoms with E-state index in [9.17, 15) is 9.59 Å². The highest BCUT2D eigenvalue weighted by molar-refractivity contribution is 8.00. The van der Waals surface area contributed by atoms with Crippen LogP contribution in [0.2, 0.25) is 0 Å². The van der Waals surface area contributed by atoms with Crippen LogP contribution in [0.3, 0.4) is 0 Å². The Morgan fingerprint density at radius 1 is 1.54 bits per heavy atom. The van der Waals surface area contributed by atoms with E-state index in [4.69, 9.17) is 9.15 Å². The second-order valence-electron chi connectivity index (χ2n) is 5.03. The van der Waals surface area contributed by atoms with Crippen LogP contribution in [0.1, 0.15) is 13.8 Å². The number of fused-ring (bicyclic) bond motifs is 1. The van der Waals surface area contributed by atoms with Crippen LogP contribution in [-0.4, -0.2) is 27.9 Å². The Morgan fingerprint density at radius 2 is 2.33 bits per heavy atom. The van der Waals surface area contributed by atoms with Gasteiger partial charge in [-0.05, 0) is 26.0 Å². The Bertz CT molecular complexity index is 928. The highest BCUT2D eigenvalue weighted by Crippen LogP contribution is 2.33. The van der Waals surface area contributed by atoms with E-state index in [-0.39, 0.29) is 11.5 Å². The molecule has 0 N–H and O–H groups in total. The summed E-state index contributed by atoms with van der Waals surface area (Å²) in [5.41, 5.74) is 0.618. The van der Waals surface area contributed by atoms with E-state index in [0.29, 0.717) is 27.7 Å². The molecule has 0 fully saturated rings. The maximum absolute atomic E-state index is 12.9. The summed E-state index contributed by atoms with van der Waals surface area (Å²) in [5, 5.41) is 2.49. The number of hydrogen-bond acceptors (Lipinski definition) is 7. The number of methoxy groups -OCH3 is 1. The SMILES string of the molecule is CCn1c(S[C@@H](C)C(=O)OC)nc2scc(-c3ccco3)c2c1=O.